The lowest BCUT2D eigenvalue weighted by atomic mass is 10.2. The number of amides is 1. The number of ether oxygens (including phenoxy) is 3. The smallest absolute Gasteiger partial charge is 0.347 e. The van der Waals surface area contributed by atoms with E-state index in [1.54, 1.807) is 50.1 Å². The predicted molar refractivity (Wildman–Crippen MR) is 99.4 cm³/mol. The lowest BCUT2D eigenvalue weighted by Gasteiger charge is -2.27. The third-order valence-corrected chi connectivity index (χ3v) is 3.79. The number of likely N-dealkylation sites (N-methyl/N-ethyl adjacent to an activating group) is 2. The lowest BCUT2D eigenvalue weighted by molar-refractivity contribution is -0.150. The molecule has 0 aliphatic carbocycles. The molecule has 0 heterocycles. The Morgan fingerprint density at radius 1 is 1.15 bits per heavy atom. The zero-order valence-corrected chi connectivity index (χ0v) is 16.3. The molecule has 1 aromatic carbocycles. The fourth-order valence-electron chi connectivity index (χ4n) is 2.37. The van der Waals surface area contributed by atoms with Crippen molar-refractivity contribution in [3.8, 4) is 11.5 Å². The summed E-state index contributed by atoms with van der Waals surface area (Å²) in [5, 5.41) is 0. The minimum atomic E-state index is -0.660. The van der Waals surface area contributed by atoms with Crippen LogP contribution in [0.15, 0.2) is 24.3 Å². The largest absolute Gasteiger partial charge is 0.494 e. The summed E-state index contributed by atoms with van der Waals surface area (Å²) in [4.78, 5) is 26.3. The topological polar surface area (TPSA) is 68.3 Å². The number of benzene rings is 1. The van der Waals surface area contributed by atoms with Gasteiger partial charge in [0.25, 0.3) is 0 Å². The molecule has 0 saturated heterocycles. The fourth-order valence-corrected chi connectivity index (χ4v) is 2.37. The highest BCUT2D eigenvalue weighted by Gasteiger charge is 2.16. The zero-order chi connectivity index (χ0) is 19.5. The van der Waals surface area contributed by atoms with Crippen LogP contribution in [0.25, 0.3) is 0 Å². The molecular weight excluding hydrogens is 336 g/mol. The summed E-state index contributed by atoms with van der Waals surface area (Å²) >= 11 is 0. The van der Waals surface area contributed by atoms with Gasteiger partial charge in [-0.2, -0.15) is 0 Å². The second-order valence-corrected chi connectivity index (χ2v) is 6.31. The van der Waals surface area contributed by atoms with Gasteiger partial charge >= 0.3 is 5.97 Å². The van der Waals surface area contributed by atoms with Gasteiger partial charge in [0.2, 0.25) is 6.41 Å². The van der Waals surface area contributed by atoms with E-state index in [1.165, 1.54) is 0 Å². The van der Waals surface area contributed by atoms with Crippen molar-refractivity contribution in [1.82, 2.24) is 9.80 Å². The van der Waals surface area contributed by atoms with E-state index in [0.717, 1.165) is 19.4 Å². The Balaban J connectivity index is 2.48. The molecule has 7 nitrogen and oxygen atoms in total. The highest BCUT2D eigenvalue weighted by molar-refractivity contribution is 5.74. The van der Waals surface area contributed by atoms with Crippen LogP contribution in [0.3, 0.4) is 0 Å². The van der Waals surface area contributed by atoms with Crippen LogP contribution in [0.1, 0.15) is 20.3 Å². The molecule has 0 fully saturated rings. The number of hydrogen-bond acceptors (Lipinski definition) is 6. The number of rotatable bonds is 12. The van der Waals surface area contributed by atoms with Gasteiger partial charge in [0.15, 0.2) is 6.10 Å². The molecule has 1 rings (SSSR count). The maximum atomic E-state index is 11.6. The first kappa shape index (κ1) is 21.8. The maximum Gasteiger partial charge on any atom is 0.347 e. The Morgan fingerprint density at radius 3 is 2.31 bits per heavy atom. The van der Waals surface area contributed by atoms with Crippen LogP contribution in [0.5, 0.6) is 11.5 Å². The Bertz CT molecular complexity index is 547. The van der Waals surface area contributed by atoms with Crippen LogP contribution in [0, 0.1) is 0 Å². The first-order chi connectivity index (χ1) is 12.4. The molecule has 0 N–H and O–H groups in total. The summed E-state index contributed by atoms with van der Waals surface area (Å²) in [6.07, 6.45) is 0.906. The van der Waals surface area contributed by atoms with E-state index in [4.69, 9.17) is 14.2 Å². The SMILES string of the molecule is CCOC(=O)C(C)Oc1ccc(OCCC(CN(C)C)N(C)C=O)cc1. The van der Waals surface area contributed by atoms with Crippen molar-refractivity contribution >= 4 is 12.4 Å². The van der Waals surface area contributed by atoms with Crippen molar-refractivity contribution in [1.29, 1.82) is 0 Å². The number of hydrogen-bond donors (Lipinski definition) is 0. The molecule has 1 aromatic rings. The molecule has 7 heteroatoms. The third-order valence-electron chi connectivity index (χ3n) is 3.79. The summed E-state index contributed by atoms with van der Waals surface area (Å²) in [6.45, 7) is 5.00. The van der Waals surface area contributed by atoms with E-state index in [2.05, 4.69) is 0 Å². The van der Waals surface area contributed by atoms with Gasteiger partial charge in [-0.1, -0.05) is 0 Å². The number of carbonyl (C=O) groups excluding carboxylic acids is 2. The monoisotopic (exact) mass is 366 g/mol. The molecule has 0 radical (unpaired) electrons. The summed E-state index contributed by atoms with van der Waals surface area (Å²) < 4.78 is 16.2. The molecule has 2 unspecified atom stereocenters. The van der Waals surface area contributed by atoms with E-state index < -0.39 is 6.10 Å². The van der Waals surface area contributed by atoms with Gasteiger partial charge in [-0.3, -0.25) is 4.79 Å². The second-order valence-electron chi connectivity index (χ2n) is 6.31. The third kappa shape index (κ3) is 7.74. The van der Waals surface area contributed by atoms with Crippen LogP contribution in [-0.2, 0) is 14.3 Å². The molecule has 0 saturated carbocycles. The van der Waals surface area contributed by atoms with Gasteiger partial charge in [0, 0.05) is 26.1 Å². The van der Waals surface area contributed by atoms with E-state index in [1.807, 2.05) is 19.0 Å². The summed E-state index contributed by atoms with van der Waals surface area (Å²) in [6, 6.07) is 7.17. The molecule has 146 valence electrons. The van der Waals surface area contributed by atoms with Gasteiger partial charge in [0.05, 0.1) is 13.2 Å². The Labute approximate surface area is 155 Å². The number of carbonyl (C=O) groups is 2. The Morgan fingerprint density at radius 2 is 1.77 bits per heavy atom. The molecule has 0 aliphatic rings. The minimum Gasteiger partial charge on any atom is -0.494 e. The fraction of sp³-hybridized carbons (Fsp3) is 0.579. The summed E-state index contributed by atoms with van der Waals surface area (Å²) in [7, 11) is 5.73. The van der Waals surface area contributed by atoms with Crippen molar-refractivity contribution in [3.05, 3.63) is 24.3 Å². The molecular formula is C19H30N2O5. The minimum absolute atomic E-state index is 0.0931. The van der Waals surface area contributed by atoms with Crippen molar-refractivity contribution in [3.63, 3.8) is 0 Å². The quantitative estimate of drug-likeness (QED) is 0.415. The van der Waals surface area contributed by atoms with Crippen LogP contribution in [0.2, 0.25) is 0 Å². The lowest BCUT2D eigenvalue weighted by Crippen LogP contribution is -2.40. The van der Waals surface area contributed by atoms with Crippen molar-refractivity contribution in [2.24, 2.45) is 0 Å². The molecule has 26 heavy (non-hydrogen) atoms. The standard InChI is InChI=1S/C19H30N2O5/c1-6-24-19(23)15(2)26-18-9-7-17(8-10-18)25-12-11-16(13-20(3)4)21(5)14-22/h7-10,14-16H,6,11-13H2,1-5H3. The van der Waals surface area contributed by atoms with Crippen molar-refractivity contribution < 1.29 is 23.8 Å². The Kier molecular flexibility index (Phi) is 9.51. The first-order valence-corrected chi connectivity index (χ1v) is 8.75. The summed E-state index contributed by atoms with van der Waals surface area (Å²) in [5.41, 5.74) is 0. The maximum absolute atomic E-state index is 11.6. The predicted octanol–water partition coefficient (Wildman–Crippen LogP) is 1.80. The summed E-state index contributed by atoms with van der Waals surface area (Å²) in [5.74, 6) is 0.890. The van der Waals surface area contributed by atoms with Crippen molar-refractivity contribution in [2.75, 3.05) is 40.9 Å². The van der Waals surface area contributed by atoms with E-state index in [-0.39, 0.29) is 12.0 Å². The molecule has 0 aliphatic heterocycles. The molecule has 0 aromatic heterocycles. The Hall–Kier alpha value is -2.28. The normalized spacial score (nSPS) is 13.0. The van der Waals surface area contributed by atoms with E-state index in [0.29, 0.717) is 24.7 Å². The van der Waals surface area contributed by atoms with Gasteiger partial charge in [0.1, 0.15) is 11.5 Å². The highest BCUT2D eigenvalue weighted by atomic mass is 16.6. The van der Waals surface area contributed by atoms with Gasteiger partial charge in [-0.15, -0.1) is 0 Å². The number of nitrogens with zero attached hydrogens (tertiary/aromatic N) is 2. The van der Waals surface area contributed by atoms with E-state index >= 15 is 0 Å². The number of esters is 1. The van der Waals surface area contributed by atoms with Gasteiger partial charge < -0.3 is 24.0 Å². The van der Waals surface area contributed by atoms with Gasteiger partial charge in [-0.05, 0) is 52.2 Å². The molecule has 2 atom stereocenters. The second kappa shape index (κ2) is 11.4. The van der Waals surface area contributed by atoms with Crippen molar-refractivity contribution in [2.45, 2.75) is 32.4 Å². The van der Waals surface area contributed by atoms with Crippen LogP contribution >= 0.6 is 0 Å². The molecule has 0 bridgehead atoms. The van der Waals surface area contributed by atoms with E-state index in [9.17, 15) is 9.59 Å². The molecule has 1 amide bonds. The molecule has 0 spiro atoms. The average Bonchev–Trinajstić information content (AvgIpc) is 2.61. The van der Waals surface area contributed by atoms with Crippen LogP contribution in [0.4, 0.5) is 0 Å². The highest BCUT2D eigenvalue weighted by Crippen LogP contribution is 2.19. The average molecular weight is 366 g/mol. The van der Waals surface area contributed by atoms with Crippen LogP contribution in [-0.4, -0.2) is 75.2 Å². The first-order valence-electron chi connectivity index (χ1n) is 8.75. The van der Waals surface area contributed by atoms with Gasteiger partial charge in [-0.25, -0.2) is 4.79 Å². The zero-order valence-electron chi connectivity index (χ0n) is 16.3. The van der Waals surface area contributed by atoms with Crippen LogP contribution < -0.4 is 9.47 Å².